The molecule has 2 unspecified atom stereocenters. The van der Waals surface area contributed by atoms with Crippen molar-refractivity contribution < 1.29 is 4.79 Å². The molecular weight excluding hydrogens is 138 g/mol. The van der Waals surface area contributed by atoms with E-state index >= 15 is 0 Å². The minimum atomic E-state index is -0.206. The van der Waals surface area contributed by atoms with Gasteiger partial charge < -0.3 is 5.73 Å². The molecule has 0 radical (unpaired) electrons. The average Bonchev–Trinajstić information content (AvgIpc) is 2.65. The topological polar surface area (TPSA) is 43.1 Å². The highest BCUT2D eigenvalue weighted by molar-refractivity contribution is 5.84. The van der Waals surface area contributed by atoms with Crippen molar-refractivity contribution in [2.24, 2.45) is 17.6 Å². The summed E-state index contributed by atoms with van der Waals surface area (Å²) in [6.07, 6.45) is 2.72. The fourth-order valence-corrected chi connectivity index (χ4v) is 1.32. The van der Waals surface area contributed by atoms with E-state index in [4.69, 9.17) is 5.73 Å². The van der Waals surface area contributed by atoms with E-state index in [-0.39, 0.29) is 11.8 Å². The number of nitrogens with two attached hydrogens (primary N) is 1. The Morgan fingerprint density at radius 3 is 2.64 bits per heavy atom. The zero-order valence-electron chi connectivity index (χ0n) is 7.34. The third-order valence-corrected chi connectivity index (χ3v) is 2.59. The zero-order valence-corrected chi connectivity index (χ0v) is 7.34. The van der Waals surface area contributed by atoms with Crippen LogP contribution < -0.4 is 5.73 Å². The van der Waals surface area contributed by atoms with E-state index in [1.165, 1.54) is 6.42 Å². The minimum absolute atomic E-state index is 0.206. The number of hydrogen-bond donors (Lipinski definition) is 1. The van der Waals surface area contributed by atoms with Gasteiger partial charge in [-0.2, -0.15) is 0 Å². The third-order valence-electron chi connectivity index (χ3n) is 2.59. The first-order valence-electron chi connectivity index (χ1n) is 4.43. The standard InChI is InChI=1S/C9H17NO/c1-3-8(10)9(11)5-7-4-6(7)2/h6-8H,3-5,10H2,1-2H3/t6?,7?,8-/m1/s1. The van der Waals surface area contributed by atoms with Crippen molar-refractivity contribution in [1.82, 2.24) is 0 Å². The average molecular weight is 155 g/mol. The van der Waals surface area contributed by atoms with E-state index in [0.717, 1.165) is 18.8 Å². The first-order valence-corrected chi connectivity index (χ1v) is 4.43. The van der Waals surface area contributed by atoms with Crippen molar-refractivity contribution in [3.05, 3.63) is 0 Å². The number of hydrogen-bond acceptors (Lipinski definition) is 2. The highest BCUT2D eigenvalue weighted by atomic mass is 16.1. The van der Waals surface area contributed by atoms with Gasteiger partial charge in [0, 0.05) is 6.42 Å². The Kier molecular flexibility index (Phi) is 2.66. The maximum atomic E-state index is 11.2. The molecule has 2 nitrogen and oxygen atoms in total. The molecule has 1 fully saturated rings. The fraction of sp³-hybridized carbons (Fsp3) is 0.889. The summed E-state index contributed by atoms with van der Waals surface area (Å²) in [5.41, 5.74) is 5.59. The van der Waals surface area contributed by atoms with Crippen LogP contribution in [0.15, 0.2) is 0 Å². The van der Waals surface area contributed by atoms with Gasteiger partial charge in [-0.3, -0.25) is 4.79 Å². The molecule has 3 atom stereocenters. The van der Waals surface area contributed by atoms with Gasteiger partial charge in [0.15, 0.2) is 0 Å². The summed E-state index contributed by atoms with van der Waals surface area (Å²) in [6.45, 7) is 4.15. The molecule has 2 heteroatoms. The molecule has 0 bridgehead atoms. The summed E-state index contributed by atoms with van der Waals surface area (Å²) in [5.74, 6) is 1.67. The van der Waals surface area contributed by atoms with Gasteiger partial charge in [0.25, 0.3) is 0 Å². The summed E-state index contributed by atoms with van der Waals surface area (Å²) < 4.78 is 0. The van der Waals surface area contributed by atoms with Crippen LogP contribution >= 0.6 is 0 Å². The molecule has 0 aromatic rings. The monoisotopic (exact) mass is 155 g/mol. The van der Waals surface area contributed by atoms with E-state index in [0.29, 0.717) is 5.92 Å². The van der Waals surface area contributed by atoms with E-state index in [1.54, 1.807) is 0 Å². The Balaban J connectivity index is 2.21. The summed E-state index contributed by atoms with van der Waals surface area (Å²) in [4.78, 5) is 11.2. The molecule has 0 aromatic heterocycles. The lowest BCUT2D eigenvalue weighted by Gasteiger charge is -2.05. The van der Waals surface area contributed by atoms with E-state index in [9.17, 15) is 4.79 Å². The van der Waals surface area contributed by atoms with Crippen molar-refractivity contribution in [3.63, 3.8) is 0 Å². The van der Waals surface area contributed by atoms with Gasteiger partial charge in [-0.15, -0.1) is 0 Å². The van der Waals surface area contributed by atoms with Gasteiger partial charge in [0.1, 0.15) is 5.78 Å². The molecular formula is C9H17NO. The summed E-state index contributed by atoms with van der Waals surface area (Å²) >= 11 is 0. The highest BCUT2D eigenvalue weighted by Gasteiger charge is 2.34. The van der Waals surface area contributed by atoms with Crippen LogP contribution in [-0.2, 0) is 4.79 Å². The molecule has 0 amide bonds. The van der Waals surface area contributed by atoms with Gasteiger partial charge in [0.2, 0.25) is 0 Å². The maximum Gasteiger partial charge on any atom is 0.149 e. The SMILES string of the molecule is CC[C@@H](N)C(=O)CC1CC1C. The molecule has 1 rings (SSSR count). The van der Waals surface area contributed by atoms with Crippen molar-refractivity contribution in [2.45, 2.75) is 39.2 Å². The van der Waals surface area contributed by atoms with E-state index in [1.807, 2.05) is 6.92 Å². The number of carbonyl (C=O) groups excluding carboxylic acids is 1. The van der Waals surface area contributed by atoms with E-state index in [2.05, 4.69) is 6.92 Å². The molecule has 1 aliphatic carbocycles. The second-order valence-electron chi connectivity index (χ2n) is 3.66. The minimum Gasteiger partial charge on any atom is -0.322 e. The number of rotatable bonds is 4. The van der Waals surface area contributed by atoms with Crippen molar-refractivity contribution in [1.29, 1.82) is 0 Å². The van der Waals surface area contributed by atoms with Gasteiger partial charge >= 0.3 is 0 Å². The van der Waals surface area contributed by atoms with Crippen LogP contribution in [0.5, 0.6) is 0 Å². The largest absolute Gasteiger partial charge is 0.322 e. The molecule has 11 heavy (non-hydrogen) atoms. The second kappa shape index (κ2) is 3.35. The quantitative estimate of drug-likeness (QED) is 0.665. The first kappa shape index (κ1) is 8.72. The number of Topliss-reactive ketones (excluding diaryl/α,β-unsaturated/α-hetero) is 1. The van der Waals surface area contributed by atoms with Crippen molar-refractivity contribution in [3.8, 4) is 0 Å². The van der Waals surface area contributed by atoms with Gasteiger partial charge in [-0.1, -0.05) is 13.8 Å². The van der Waals surface area contributed by atoms with Gasteiger partial charge in [0.05, 0.1) is 6.04 Å². The van der Waals surface area contributed by atoms with Gasteiger partial charge in [-0.05, 0) is 24.7 Å². The maximum absolute atomic E-state index is 11.2. The van der Waals surface area contributed by atoms with Crippen LogP contribution in [-0.4, -0.2) is 11.8 Å². The van der Waals surface area contributed by atoms with Crippen LogP contribution in [0, 0.1) is 11.8 Å². The Hall–Kier alpha value is -0.370. The summed E-state index contributed by atoms with van der Waals surface area (Å²) in [6, 6.07) is -0.206. The predicted octanol–water partition coefficient (Wildman–Crippen LogP) is 1.34. The predicted molar refractivity (Wildman–Crippen MR) is 45.2 cm³/mol. The highest BCUT2D eigenvalue weighted by Crippen LogP contribution is 2.40. The summed E-state index contributed by atoms with van der Waals surface area (Å²) in [5, 5.41) is 0. The normalized spacial score (nSPS) is 31.5. The Morgan fingerprint density at radius 1 is 1.73 bits per heavy atom. The molecule has 0 saturated heterocycles. The second-order valence-corrected chi connectivity index (χ2v) is 3.66. The van der Waals surface area contributed by atoms with Crippen LogP contribution in [0.3, 0.4) is 0 Å². The first-order chi connectivity index (χ1) is 5.15. The third kappa shape index (κ3) is 2.29. The Bertz CT molecular complexity index is 156. The van der Waals surface area contributed by atoms with Crippen molar-refractivity contribution in [2.75, 3.05) is 0 Å². The van der Waals surface area contributed by atoms with E-state index < -0.39 is 0 Å². The molecule has 0 aliphatic heterocycles. The Labute approximate surface area is 68.2 Å². The summed E-state index contributed by atoms with van der Waals surface area (Å²) in [7, 11) is 0. The molecule has 0 heterocycles. The molecule has 0 aromatic carbocycles. The van der Waals surface area contributed by atoms with Crippen molar-refractivity contribution >= 4 is 5.78 Å². The lowest BCUT2D eigenvalue weighted by Crippen LogP contribution is -2.29. The fourth-order valence-electron chi connectivity index (χ4n) is 1.32. The molecule has 64 valence electrons. The van der Waals surface area contributed by atoms with Crippen LogP contribution in [0.4, 0.5) is 0 Å². The lowest BCUT2D eigenvalue weighted by atomic mass is 10.1. The smallest absolute Gasteiger partial charge is 0.149 e. The Morgan fingerprint density at radius 2 is 2.27 bits per heavy atom. The molecule has 1 saturated carbocycles. The molecule has 1 aliphatic rings. The van der Waals surface area contributed by atoms with Crippen LogP contribution in [0.1, 0.15) is 33.1 Å². The number of ketones is 1. The van der Waals surface area contributed by atoms with Crippen LogP contribution in [0.2, 0.25) is 0 Å². The molecule has 0 spiro atoms. The zero-order chi connectivity index (χ0) is 8.43. The van der Waals surface area contributed by atoms with Crippen LogP contribution in [0.25, 0.3) is 0 Å². The van der Waals surface area contributed by atoms with Gasteiger partial charge in [-0.25, -0.2) is 0 Å². The number of carbonyl (C=O) groups is 1. The molecule has 2 N–H and O–H groups in total. The lowest BCUT2D eigenvalue weighted by molar-refractivity contribution is -0.120.